The van der Waals surface area contributed by atoms with Crippen LogP contribution < -0.4 is 4.74 Å². The first-order valence-electron chi connectivity index (χ1n) is 8.36. The van der Waals surface area contributed by atoms with Gasteiger partial charge >= 0.3 is 0 Å². The van der Waals surface area contributed by atoms with Gasteiger partial charge < -0.3 is 14.6 Å². The molecule has 1 N–H and O–H groups in total. The quantitative estimate of drug-likeness (QED) is 0.940. The SMILES string of the molecule is Cc1cc(O[C@H]2CCOC2)c2c(c1-c1cccc(CO)c1)CC2. The molecule has 120 valence electrons. The van der Waals surface area contributed by atoms with Crippen LogP contribution in [0.15, 0.2) is 30.3 Å². The first-order chi connectivity index (χ1) is 11.3. The number of aliphatic hydroxyl groups is 1. The van der Waals surface area contributed by atoms with Crippen molar-refractivity contribution in [1.29, 1.82) is 0 Å². The minimum absolute atomic E-state index is 0.0813. The first-order valence-corrected chi connectivity index (χ1v) is 8.36. The average molecular weight is 310 g/mol. The molecule has 1 atom stereocenters. The normalized spacial score (nSPS) is 19.3. The molecule has 23 heavy (non-hydrogen) atoms. The maximum absolute atomic E-state index is 9.39. The molecule has 1 heterocycles. The van der Waals surface area contributed by atoms with Crippen molar-refractivity contribution in [2.45, 2.75) is 38.9 Å². The third-order valence-corrected chi connectivity index (χ3v) is 4.91. The molecule has 3 heteroatoms. The van der Waals surface area contributed by atoms with Crippen LogP contribution in [0, 0.1) is 6.92 Å². The van der Waals surface area contributed by atoms with Gasteiger partial charge in [0.15, 0.2) is 0 Å². The van der Waals surface area contributed by atoms with Gasteiger partial charge in [0.25, 0.3) is 0 Å². The van der Waals surface area contributed by atoms with Crippen LogP contribution in [0.3, 0.4) is 0 Å². The van der Waals surface area contributed by atoms with Crippen molar-refractivity contribution in [3.8, 4) is 16.9 Å². The summed E-state index contributed by atoms with van der Waals surface area (Å²) in [5.74, 6) is 1.04. The van der Waals surface area contributed by atoms with Crippen molar-refractivity contribution in [3.05, 3.63) is 52.6 Å². The summed E-state index contributed by atoms with van der Waals surface area (Å²) < 4.78 is 11.6. The summed E-state index contributed by atoms with van der Waals surface area (Å²) in [6, 6.07) is 10.4. The molecule has 0 spiro atoms. The van der Waals surface area contributed by atoms with E-state index in [9.17, 15) is 5.11 Å². The highest BCUT2D eigenvalue weighted by Crippen LogP contribution is 2.42. The lowest BCUT2D eigenvalue weighted by Crippen LogP contribution is -2.20. The third kappa shape index (κ3) is 2.64. The van der Waals surface area contributed by atoms with E-state index in [2.05, 4.69) is 25.1 Å². The van der Waals surface area contributed by atoms with E-state index in [1.54, 1.807) is 0 Å². The Morgan fingerprint density at radius 2 is 2.09 bits per heavy atom. The summed E-state index contributed by atoms with van der Waals surface area (Å²) in [5, 5.41) is 9.39. The molecule has 0 unspecified atom stereocenters. The van der Waals surface area contributed by atoms with E-state index in [4.69, 9.17) is 9.47 Å². The number of fused-ring (bicyclic) bond motifs is 1. The van der Waals surface area contributed by atoms with Gasteiger partial charge in [0.2, 0.25) is 0 Å². The average Bonchev–Trinajstić information content (AvgIpc) is 3.03. The molecule has 0 saturated carbocycles. The maximum Gasteiger partial charge on any atom is 0.124 e. The highest BCUT2D eigenvalue weighted by Gasteiger charge is 2.27. The lowest BCUT2D eigenvalue weighted by Gasteiger charge is -2.29. The Balaban J connectivity index is 1.73. The summed E-state index contributed by atoms with van der Waals surface area (Å²) in [7, 11) is 0. The van der Waals surface area contributed by atoms with Crippen LogP contribution >= 0.6 is 0 Å². The first kappa shape index (κ1) is 14.7. The standard InChI is InChI=1S/C20H22O3/c1-13-9-19(23-16-7-8-22-12-16)17-5-6-18(17)20(13)15-4-2-3-14(10-15)11-21/h2-4,9-10,16,21H,5-8,11-12H2,1H3/t16-/m0/s1. The second-order valence-corrected chi connectivity index (χ2v) is 6.49. The van der Waals surface area contributed by atoms with Gasteiger partial charge in [-0.2, -0.15) is 0 Å². The number of aliphatic hydroxyl groups excluding tert-OH is 1. The van der Waals surface area contributed by atoms with E-state index in [1.807, 2.05) is 12.1 Å². The fourth-order valence-corrected chi connectivity index (χ4v) is 3.63. The molecular weight excluding hydrogens is 288 g/mol. The Bertz CT molecular complexity index is 730. The smallest absolute Gasteiger partial charge is 0.124 e. The van der Waals surface area contributed by atoms with E-state index in [-0.39, 0.29) is 12.7 Å². The van der Waals surface area contributed by atoms with Crippen molar-refractivity contribution in [3.63, 3.8) is 0 Å². The summed E-state index contributed by atoms with van der Waals surface area (Å²) in [6.45, 7) is 3.74. The molecule has 3 nitrogen and oxygen atoms in total. The molecule has 0 radical (unpaired) electrons. The van der Waals surface area contributed by atoms with E-state index in [1.165, 1.54) is 27.8 Å². The van der Waals surface area contributed by atoms with E-state index in [0.717, 1.165) is 37.2 Å². The molecule has 0 bridgehead atoms. The largest absolute Gasteiger partial charge is 0.488 e. The van der Waals surface area contributed by atoms with Crippen LogP contribution in [0.2, 0.25) is 0 Å². The number of hydrogen-bond donors (Lipinski definition) is 1. The number of benzene rings is 2. The molecule has 2 aromatic rings. The molecule has 0 aromatic heterocycles. The Labute approximate surface area is 136 Å². The molecule has 2 aromatic carbocycles. The van der Waals surface area contributed by atoms with Crippen LogP contribution in [0.4, 0.5) is 0 Å². The topological polar surface area (TPSA) is 38.7 Å². The van der Waals surface area contributed by atoms with Gasteiger partial charge in [0.05, 0.1) is 19.8 Å². The fraction of sp³-hybridized carbons (Fsp3) is 0.400. The zero-order valence-corrected chi connectivity index (χ0v) is 13.5. The molecule has 0 amide bonds. The molecule has 1 fully saturated rings. The predicted octanol–water partition coefficient (Wildman–Crippen LogP) is 3.42. The zero-order valence-electron chi connectivity index (χ0n) is 13.5. The number of hydrogen-bond acceptors (Lipinski definition) is 3. The molecular formula is C20H22O3. The van der Waals surface area contributed by atoms with E-state index >= 15 is 0 Å². The van der Waals surface area contributed by atoms with Gasteiger partial charge in [-0.25, -0.2) is 0 Å². The molecule has 2 aliphatic rings. The van der Waals surface area contributed by atoms with Gasteiger partial charge in [0, 0.05) is 6.42 Å². The van der Waals surface area contributed by atoms with Crippen molar-refractivity contribution >= 4 is 0 Å². The Morgan fingerprint density at radius 3 is 2.78 bits per heavy atom. The van der Waals surface area contributed by atoms with Crippen molar-refractivity contribution in [2.75, 3.05) is 13.2 Å². The van der Waals surface area contributed by atoms with Crippen molar-refractivity contribution in [2.24, 2.45) is 0 Å². The fourth-order valence-electron chi connectivity index (χ4n) is 3.63. The Hall–Kier alpha value is -1.84. The summed E-state index contributed by atoms with van der Waals surface area (Å²) >= 11 is 0. The third-order valence-electron chi connectivity index (χ3n) is 4.91. The second kappa shape index (κ2) is 5.99. The molecule has 4 rings (SSSR count). The number of ether oxygens (including phenoxy) is 2. The van der Waals surface area contributed by atoms with Gasteiger partial charge in [-0.1, -0.05) is 18.2 Å². The zero-order chi connectivity index (χ0) is 15.8. The highest BCUT2D eigenvalue weighted by atomic mass is 16.5. The lowest BCUT2D eigenvalue weighted by atomic mass is 9.79. The number of rotatable bonds is 4. The van der Waals surface area contributed by atoms with E-state index < -0.39 is 0 Å². The van der Waals surface area contributed by atoms with Crippen LogP contribution in [0.25, 0.3) is 11.1 Å². The van der Waals surface area contributed by atoms with Crippen LogP contribution in [-0.2, 0) is 24.2 Å². The van der Waals surface area contributed by atoms with Crippen molar-refractivity contribution in [1.82, 2.24) is 0 Å². The van der Waals surface area contributed by atoms with Crippen molar-refractivity contribution < 1.29 is 14.6 Å². The van der Waals surface area contributed by atoms with Crippen LogP contribution in [0.1, 0.15) is 28.7 Å². The van der Waals surface area contributed by atoms with Gasteiger partial charge in [0.1, 0.15) is 11.9 Å². The summed E-state index contributed by atoms with van der Waals surface area (Å²) in [5.41, 5.74) is 7.48. The molecule has 1 aliphatic carbocycles. The lowest BCUT2D eigenvalue weighted by molar-refractivity contribution is 0.140. The summed E-state index contributed by atoms with van der Waals surface area (Å²) in [6.07, 6.45) is 3.37. The van der Waals surface area contributed by atoms with Crippen LogP contribution in [-0.4, -0.2) is 24.4 Å². The van der Waals surface area contributed by atoms with E-state index in [0.29, 0.717) is 6.61 Å². The predicted molar refractivity (Wildman–Crippen MR) is 89.8 cm³/mol. The monoisotopic (exact) mass is 310 g/mol. The number of aryl methyl sites for hydroxylation is 1. The minimum Gasteiger partial charge on any atom is -0.488 e. The highest BCUT2D eigenvalue weighted by molar-refractivity contribution is 5.76. The molecule has 1 saturated heterocycles. The Kier molecular flexibility index (Phi) is 3.83. The van der Waals surface area contributed by atoms with Crippen LogP contribution in [0.5, 0.6) is 5.75 Å². The van der Waals surface area contributed by atoms with Gasteiger partial charge in [-0.3, -0.25) is 0 Å². The second-order valence-electron chi connectivity index (χ2n) is 6.49. The van der Waals surface area contributed by atoms with Gasteiger partial charge in [-0.15, -0.1) is 0 Å². The van der Waals surface area contributed by atoms with Gasteiger partial charge in [-0.05, 0) is 65.3 Å². The molecule has 1 aliphatic heterocycles. The summed E-state index contributed by atoms with van der Waals surface area (Å²) in [4.78, 5) is 0. The minimum atomic E-state index is 0.0813. The Morgan fingerprint density at radius 1 is 1.22 bits per heavy atom. The maximum atomic E-state index is 9.39.